The van der Waals surface area contributed by atoms with Gasteiger partial charge in [0.25, 0.3) is 0 Å². The molecule has 1 aromatic carbocycles. The van der Waals surface area contributed by atoms with Gasteiger partial charge in [0.2, 0.25) is 0 Å². The zero-order valence-electron chi connectivity index (χ0n) is 14.2. The van der Waals surface area contributed by atoms with Gasteiger partial charge in [-0.15, -0.1) is 0 Å². The number of aryl methyl sites for hydroxylation is 1. The maximum atomic E-state index is 14.0. The normalized spacial score (nSPS) is 11.0. The van der Waals surface area contributed by atoms with E-state index in [0.29, 0.717) is 34.3 Å². The number of methoxy groups -OCH3 is 1. The molecular weight excluding hydrogens is 333 g/mol. The minimum atomic E-state index is -0.394. The summed E-state index contributed by atoms with van der Waals surface area (Å²) in [5, 5.41) is 0.786. The van der Waals surface area contributed by atoms with E-state index >= 15 is 0 Å². The minimum Gasteiger partial charge on any atom is -0.497 e. The molecule has 26 heavy (non-hydrogen) atoms. The highest BCUT2D eigenvalue weighted by molar-refractivity contribution is 6.02. The average molecular weight is 349 g/mol. The summed E-state index contributed by atoms with van der Waals surface area (Å²) in [7, 11) is 1.50. The summed E-state index contributed by atoms with van der Waals surface area (Å²) in [5.41, 5.74) is 9.47. The summed E-state index contributed by atoms with van der Waals surface area (Å²) in [4.78, 5) is 16.2. The van der Waals surface area contributed by atoms with E-state index in [0.717, 1.165) is 16.5 Å². The Labute approximate surface area is 148 Å². The Bertz CT molecular complexity index is 1120. The number of benzene rings is 1. The summed E-state index contributed by atoms with van der Waals surface area (Å²) in [6, 6.07) is 8.15. The van der Waals surface area contributed by atoms with Gasteiger partial charge in [0.15, 0.2) is 0 Å². The second-order valence-corrected chi connectivity index (χ2v) is 5.89. The van der Waals surface area contributed by atoms with Crippen LogP contribution >= 0.6 is 0 Å². The van der Waals surface area contributed by atoms with Crippen molar-refractivity contribution in [3.05, 3.63) is 54.4 Å². The maximum absolute atomic E-state index is 14.0. The van der Waals surface area contributed by atoms with Crippen LogP contribution in [0.1, 0.15) is 5.82 Å². The molecule has 0 saturated carbocycles. The van der Waals surface area contributed by atoms with Crippen molar-refractivity contribution in [3.8, 4) is 28.1 Å². The number of ether oxygens (including phenoxy) is 1. The number of aromatic amines is 1. The highest BCUT2D eigenvalue weighted by Gasteiger charge is 2.17. The van der Waals surface area contributed by atoms with Gasteiger partial charge in [-0.3, -0.25) is 0 Å². The van der Waals surface area contributed by atoms with Gasteiger partial charge in [0.1, 0.15) is 28.9 Å². The molecule has 4 rings (SSSR count). The molecule has 0 aliphatic carbocycles. The molecule has 0 saturated heterocycles. The van der Waals surface area contributed by atoms with E-state index in [-0.39, 0.29) is 0 Å². The van der Waals surface area contributed by atoms with Crippen LogP contribution in [0.15, 0.2) is 42.7 Å². The highest BCUT2D eigenvalue weighted by Crippen LogP contribution is 2.36. The molecule has 130 valence electrons. The first kappa shape index (κ1) is 16.0. The SMILES string of the molecule is COc1cc(F)cc(-c2nc(C)nc3[nH]cc(-c4ccnc(N)c4)c23)c1. The van der Waals surface area contributed by atoms with Crippen molar-refractivity contribution in [3.63, 3.8) is 0 Å². The third kappa shape index (κ3) is 2.73. The molecule has 3 heterocycles. The first-order valence-corrected chi connectivity index (χ1v) is 7.98. The third-order valence-electron chi connectivity index (χ3n) is 4.12. The van der Waals surface area contributed by atoms with Gasteiger partial charge in [0.05, 0.1) is 18.2 Å². The first-order valence-electron chi connectivity index (χ1n) is 7.98. The van der Waals surface area contributed by atoms with Crippen molar-refractivity contribution >= 4 is 16.9 Å². The van der Waals surface area contributed by atoms with E-state index in [1.807, 2.05) is 12.3 Å². The fourth-order valence-corrected chi connectivity index (χ4v) is 3.01. The molecule has 7 heteroatoms. The summed E-state index contributed by atoms with van der Waals surface area (Å²) >= 11 is 0. The van der Waals surface area contributed by atoms with E-state index in [2.05, 4.69) is 19.9 Å². The van der Waals surface area contributed by atoms with Crippen LogP contribution in [0.3, 0.4) is 0 Å². The van der Waals surface area contributed by atoms with Crippen LogP contribution in [0, 0.1) is 12.7 Å². The van der Waals surface area contributed by atoms with Crippen molar-refractivity contribution < 1.29 is 9.13 Å². The van der Waals surface area contributed by atoms with Crippen LogP contribution in [0.5, 0.6) is 5.75 Å². The van der Waals surface area contributed by atoms with Crippen molar-refractivity contribution in [1.29, 1.82) is 0 Å². The Balaban J connectivity index is 2.03. The number of nitrogens with zero attached hydrogens (tertiary/aromatic N) is 3. The Kier molecular flexibility index (Phi) is 3.76. The fraction of sp³-hybridized carbons (Fsp3) is 0.105. The molecule has 0 bridgehead atoms. The molecule has 0 atom stereocenters. The van der Waals surface area contributed by atoms with Crippen LogP contribution in [-0.4, -0.2) is 27.0 Å². The van der Waals surface area contributed by atoms with Gasteiger partial charge in [0, 0.05) is 29.6 Å². The number of rotatable bonds is 3. The van der Waals surface area contributed by atoms with Gasteiger partial charge < -0.3 is 15.5 Å². The summed E-state index contributed by atoms with van der Waals surface area (Å²) in [5.74, 6) is 1.03. The summed E-state index contributed by atoms with van der Waals surface area (Å²) < 4.78 is 19.2. The monoisotopic (exact) mass is 349 g/mol. The Hall–Kier alpha value is -3.48. The van der Waals surface area contributed by atoms with Gasteiger partial charge in [-0.25, -0.2) is 19.3 Å². The molecule has 3 aromatic heterocycles. The predicted molar refractivity (Wildman–Crippen MR) is 98.2 cm³/mol. The first-order chi connectivity index (χ1) is 12.5. The lowest BCUT2D eigenvalue weighted by atomic mass is 10.0. The van der Waals surface area contributed by atoms with Gasteiger partial charge in [-0.1, -0.05) is 0 Å². The second kappa shape index (κ2) is 6.11. The number of nitrogens with one attached hydrogen (secondary N) is 1. The lowest BCUT2D eigenvalue weighted by Crippen LogP contribution is -1.95. The average Bonchev–Trinajstić information content (AvgIpc) is 3.04. The van der Waals surface area contributed by atoms with E-state index in [1.54, 1.807) is 25.3 Å². The summed E-state index contributed by atoms with van der Waals surface area (Å²) in [6.07, 6.45) is 3.48. The van der Waals surface area contributed by atoms with Crippen LogP contribution in [0.2, 0.25) is 0 Å². The van der Waals surface area contributed by atoms with Gasteiger partial charge in [-0.05, 0) is 36.8 Å². The number of hydrogen-bond donors (Lipinski definition) is 2. The molecule has 0 aliphatic rings. The molecule has 4 aromatic rings. The Morgan fingerprint density at radius 3 is 2.73 bits per heavy atom. The molecule has 6 nitrogen and oxygen atoms in total. The third-order valence-corrected chi connectivity index (χ3v) is 4.12. The molecule has 0 radical (unpaired) electrons. The minimum absolute atomic E-state index is 0.394. The van der Waals surface area contributed by atoms with Gasteiger partial charge >= 0.3 is 0 Å². The van der Waals surface area contributed by atoms with Crippen molar-refractivity contribution in [1.82, 2.24) is 19.9 Å². The lowest BCUT2D eigenvalue weighted by molar-refractivity contribution is 0.411. The molecule has 0 aliphatic heterocycles. The van der Waals surface area contributed by atoms with E-state index in [9.17, 15) is 4.39 Å². The lowest BCUT2D eigenvalue weighted by Gasteiger charge is -2.09. The number of nitrogen functional groups attached to an aromatic ring is 1. The zero-order valence-corrected chi connectivity index (χ0v) is 14.2. The predicted octanol–water partition coefficient (Wildman–Crippen LogP) is 3.73. The molecule has 3 N–H and O–H groups in total. The number of hydrogen-bond acceptors (Lipinski definition) is 5. The quantitative estimate of drug-likeness (QED) is 0.588. The van der Waals surface area contributed by atoms with Crippen LogP contribution in [-0.2, 0) is 0 Å². The fourth-order valence-electron chi connectivity index (χ4n) is 3.01. The van der Waals surface area contributed by atoms with Crippen LogP contribution in [0.25, 0.3) is 33.4 Å². The number of pyridine rings is 1. The Morgan fingerprint density at radius 1 is 1.12 bits per heavy atom. The molecule has 0 spiro atoms. The van der Waals surface area contributed by atoms with Gasteiger partial charge in [-0.2, -0.15) is 0 Å². The number of aromatic nitrogens is 4. The van der Waals surface area contributed by atoms with Crippen molar-refractivity contribution in [2.45, 2.75) is 6.92 Å². The summed E-state index contributed by atoms with van der Waals surface area (Å²) in [6.45, 7) is 1.80. The number of H-pyrrole nitrogens is 1. The Morgan fingerprint density at radius 2 is 1.96 bits per heavy atom. The number of halogens is 1. The molecule has 0 amide bonds. The molecule has 0 unspecified atom stereocenters. The zero-order chi connectivity index (χ0) is 18.3. The van der Waals surface area contributed by atoms with Crippen molar-refractivity contribution in [2.75, 3.05) is 12.8 Å². The highest BCUT2D eigenvalue weighted by atomic mass is 19.1. The van der Waals surface area contributed by atoms with E-state index in [4.69, 9.17) is 10.5 Å². The van der Waals surface area contributed by atoms with Crippen molar-refractivity contribution in [2.24, 2.45) is 0 Å². The molecular formula is C19H16FN5O. The standard InChI is InChI=1S/C19H16FN5O/c1-10-24-18(12-5-13(20)8-14(6-12)26-2)17-15(9-23-19(17)25-10)11-3-4-22-16(21)7-11/h3-9H,1-2H3,(H2,21,22)(H,23,24,25). The topological polar surface area (TPSA) is 89.7 Å². The van der Waals surface area contributed by atoms with E-state index < -0.39 is 5.82 Å². The van der Waals surface area contributed by atoms with E-state index in [1.165, 1.54) is 19.2 Å². The van der Waals surface area contributed by atoms with Crippen LogP contribution in [0.4, 0.5) is 10.2 Å². The van der Waals surface area contributed by atoms with Crippen LogP contribution < -0.4 is 10.5 Å². The maximum Gasteiger partial charge on any atom is 0.142 e. The number of nitrogens with two attached hydrogens (primary N) is 1. The molecule has 0 fully saturated rings. The smallest absolute Gasteiger partial charge is 0.142 e. The number of anilines is 1. The number of fused-ring (bicyclic) bond motifs is 1. The second-order valence-electron chi connectivity index (χ2n) is 5.89. The largest absolute Gasteiger partial charge is 0.497 e.